The number of benzene rings is 2. The smallest absolute Gasteiger partial charge is 0.227 e. The van der Waals surface area contributed by atoms with Gasteiger partial charge >= 0.3 is 0 Å². The highest BCUT2D eigenvalue weighted by molar-refractivity contribution is 7.15. The fourth-order valence-electron chi connectivity index (χ4n) is 3.48. The van der Waals surface area contributed by atoms with E-state index >= 15 is 0 Å². The highest BCUT2D eigenvalue weighted by atomic mass is 32.1. The van der Waals surface area contributed by atoms with Crippen molar-refractivity contribution >= 4 is 28.7 Å². The minimum absolute atomic E-state index is 0.0747. The van der Waals surface area contributed by atoms with Gasteiger partial charge in [-0.15, -0.1) is 11.3 Å². The van der Waals surface area contributed by atoms with Crippen LogP contribution in [-0.2, 0) is 6.42 Å². The van der Waals surface area contributed by atoms with Gasteiger partial charge in [-0.1, -0.05) is 6.92 Å². The number of thiazole rings is 1. The lowest BCUT2D eigenvalue weighted by Crippen LogP contribution is -2.04. The zero-order valence-corrected chi connectivity index (χ0v) is 20.1. The first-order valence-electron chi connectivity index (χ1n) is 10.9. The number of aliphatic hydroxyl groups is 1. The molecule has 4 rings (SSSR count). The molecule has 2 heterocycles. The van der Waals surface area contributed by atoms with Crippen molar-refractivity contribution in [1.29, 1.82) is 0 Å². The topological polar surface area (TPSA) is 115 Å². The fourth-order valence-corrected chi connectivity index (χ4v) is 4.47. The molecule has 0 atom stereocenters. The zero-order valence-electron chi connectivity index (χ0n) is 19.3. The van der Waals surface area contributed by atoms with Crippen LogP contribution in [-0.4, -0.2) is 40.4 Å². The molecule has 0 bridgehead atoms. The van der Waals surface area contributed by atoms with E-state index in [9.17, 15) is 0 Å². The Morgan fingerprint density at radius 3 is 2.71 bits per heavy atom. The minimum atomic E-state index is -0.0747. The van der Waals surface area contributed by atoms with Crippen LogP contribution in [0.1, 0.15) is 17.5 Å². The molecule has 2 aromatic heterocycles. The van der Waals surface area contributed by atoms with Gasteiger partial charge in [0, 0.05) is 17.4 Å². The van der Waals surface area contributed by atoms with E-state index in [4.69, 9.17) is 30.3 Å². The van der Waals surface area contributed by atoms with Crippen molar-refractivity contribution in [3.05, 3.63) is 59.2 Å². The second-order valence-corrected chi connectivity index (χ2v) is 8.68. The molecule has 0 saturated carbocycles. The van der Waals surface area contributed by atoms with Crippen LogP contribution in [0.3, 0.4) is 0 Å². The van der Waals surface area contributed by atoms with Gasteiger partial charge in [0.15, 0.2) is 0 Å². The average molecular weight is 478 g/mol. The Morgan fingerprint density at radius 2 is 1.97 bits per heavy atom. The summed E-state index contributed by atoms with van der Waals surface area (Å²) < 4.78 is 10.9. The van der Waals surface area contributed by atoms with E-state index in [2.05, 4.69) is 23.3 Å². The van der Waals surface area contributed by atoms with Gasteiger partial charge < -0.3 is 25.6 Å². The van der Waals surface area contributed by atoms with Crippen LogP contribution in [0.15, 0.2) is 48.7 Å². The molecule has 0 unspecified atom stereocenters. The molecule has 0 amide bonds. The van der Waals surface area contributed by atoms with Crippen LogP contribution < -0.4 is 20.5 Å². The van der Waals surface area contributed by atoms with Crippen molar-refractivity contribution < 1.29 is 14.6 Å². The molecule has 8 nitrogen and oxygen atoms in total. The van der Waals surface area contributed by atoms with Gasteiger partial charge in [0.2, 0.25) is 5.95 Å². The van der Waals surface area contributed by atoms with Gasteiger partial charge in [0.25, 0.3) is 0 Å². The molecule has 0 saturated heterocycles. The van der Waals surface area contributed by atoms with E-state index in [1.165, 1.54) is 0 Å². The lowest BCUT2D eigenvalue weighted by molar-refractivity contribution is 0.202. The van der Waals surface area contributed by atoms with Crippen LogP contribution in [0.25, 0.3) is 21.8 Å². The summed E-state index contributed by atoms with van der Waals surface area (Å²) in [5.74, 6) is 1.76. The Kier molecular flexibility index (Phi) is 7.24. The van der Waals surface area contributed by atoms with Crippen molar-refractivity contribution in [1.82, 2.24) is 15.0 Å². The predicted octanol–water partition coefficient (Wildman–Crippen LogP) is 4.84. The van der Waals surface area contributed by atoms with Crippen molar-refractivity contribution in [2.45, 2.75) is 20.3 Å². The molecule has 0 fully saturated rings. The number of aromatic nitrogens is 3. The van der Waals surface area contributed by atoms with Crippen molar-refractivity contribution in [3.8, 4) is 33.3 Å². The summed E-state index contributed by atoms with van der Waals surface area (Å²) >= 11 is 1.63. The number of hydrogen-bond donors (Lipinski definition) is 3. The molecule has 176 valence electrons. The van der Waals surface area contributed by atoms with Gasteiger partial charge in [-0.3, -0.25) is 0 Å². The first-order valence-corrected chi connectivity index (χ1v) is 11.7. The number of hydrogen-bond acceptors (Lipinski definition) is 9. The molecule has 9 heteroatoms. The van der Waals surface area contributed by atoms with Crippen LogP contribution in [0, 0.1) is 6.92 Å². The Balaban J connectivity index is 1.66. The van der Waals surface area contributed by atoms with Crippen LogP contribution in [0.2, 0.25) is 0 Å². The molecule has 0 aliphatic rings. The monoisotopic (exact) mass is 477 g/mol. The highest BCUT2D eigenvalue weighted by Gasteiger charge is 2.17. The Labute approximate surface area is 202 Å². The van der Waals surface area contributed by atoms with Crippen LogP contribution in [0.5, 0.6) is 11.5 Å². The largest absolute Gasteiger partial charge is 0.497 e. The lowest BCUT2D eigenvalue weighted by atomic mass is 10.1. The van der Waals surface area contributed by atoms with Crippen molar-refractivity contribution in [3.63, 3.8) is 0 Å². The number of anilines is 3. The second kappa shape index (κ2) is 10.5. The molecular formula is C25H27N5O3S. The summed E-state index contributed by atoms with van der Waals surface area (Å²) in [5, 5.41) is 13.2. The third-order valence-electron chi connectivity index (χ3n) is 5.04. The quantitative estimate of drug-likeness (QED) is 0.293. The number of methoxy groups -OCH3 is 1. The Morgan fingerprint density at radius 1 is 1.12 bits per heavy atom. The van der Waals surface area contributed by atoms with Gasteiger partial charge in [-0.25, -0.2) is 15.0 Å². The van der Waals surface area contributed by atoms with Crippen LogP contribution in [0.4, 0.5) is 17.3 Å². The molecule has 0 aliphatic carbocycles. The number of ether oxygens (including phenoxy) is 2. The maximum atomic E-state index is 8.93. The van der Waals surface area contributed by atoms with Gasteiger partial charge in [0.1, 0.15) is 18.1 Å². The molecule has 4 N–H and O–H groups in total. The summed E-state index contributed by atoms with van der Waals surface area (Å²) in [4.78, 5) is 15.0. The number of nitrogens with one attached hydrogen (secondary N) is 1. The third kappa shape index (κ3) is 5.27. The normalized spacial score (nSPS) is 10.8. The second-order valence-electron chi connectivity index (χ2n) is 7.59. The molecule has 2 aromatic carbocycles. The van der Waals surface area contributed by atoms with E-state index in [0.717, 1.165) is 50.3 Å². The zero-order chi connectivity index (χ0) is 24.1. The predicted molar refractivity (Wildman–Crippen MR) is 136 cm³/mol. The summed E-state index contributed by atoms with van der Waals surface area (Å²) in [5.41, 5.74) is 11.0. The Bertz CT molecular complexity index is 1290. The standard InChI is InChI=1S/C25H27N5O3S/c1-4-22-30-23(16-11-15(2)12-18(13-16)32-3)24(34-22)20-7-8-27-25(29-20)28-17-5-6-21(19(26)14-17)33-10-9-31/h5-8,11-14,31H,4,9-10,26H2,1-3H3,(H,27,28,29). The number of nitrogens with two attached hydrogens (primary N) is 1. The molecule has 34 heavy (non-hydrogen) atoms. The maximum absolute atomic E-state index is 8.93. The molecule has 4 aromatic rings. The third-order valence-corrected chi connectivity index (χ3v) is 6.26. The first-order chi connectivity index (χ1) is 16.5. The van der Waals surface area contributed by atoms with Crippen molar-refractivity contribution in [2.24, 2.45) is 0 Å². The molecule has 0 radical (unpaired) electrons. The van der Waals surface area contributed by atoms with Crippen LogP contribution >= 0.6 is 11.3 Å². The summed E-state index contributed by atoms with van der Waals surface area (Å²) in [6, 6.07) is 13.3. The van der Waals surface area contributed by atoms with E-state index in [1.54, 1.807) is 36.8 Å². The summed E-state index contributed by atoms with van der Waals surface area (Å²) in [6.45, 7) is 4.24. The summed E-state index contributed by atoms with van der Waals surface area (Å²) in [6.07, 6.45) is 2.56. The minimum Gasteiger partial charge on any atom is -0.497 e. The van der Waals surface area contributed by atoms with E-state index in [0.29, 0.717) is 17.4 Å². The Hall–Kier alpha value is -3.69. The SMILES string of the molecule is CCc1nc(-c2cc(C)cc(OC)c2)c(-c2ccnc(Nc3ccc(OCCO)c(N)c3)n2)s1. The van der Waals surface area contributed by atoms with E-state index < -0.39 is 0 Å². The fraction of sp³-hybridized carbons (Fsp3) is 0.240. The average Bonchev–Trinajstić information content (AvgIpc) is 3.28. The highest BCUT2D eigenvalue weighted by Crippen LogP contribution is 2.38. The molecule has 0 aliphatic heterocycles. The molecule has 0 spiro atoms. The maximum Gasteiger partial charge on any atom is 0.227 e. The van der Waals surface area contributed by atoms with E-state index in [-0.39, 0.29) is 13.2 Å². The lowest BCUT2D eigenvalue weighted by Gasteiger charge is -2.11. The van der Waals surface area contributed by atoms with Gasteiger partial charge in [-0.05, 0) is 61.4 Å². The number of nitrogens with zero attached hydrogens (tertiary/aromatic N) is 3. The first kappa shape index (κ1) is 23.5. The molecular weight excluding hydrogens is 450 g/mol. The number of aryl methyl sites for hydroxylation is 2. The van der Waals surface area contributed by atoms with Crippen molar-refractivity contribution in [2.75, 3.05) is 31.4 Å². The van der Waals surface area contributed by atoms with E-state index in [1.807, 2.05) is 31.2 Å². The number of nitrogen functional groups attached to an aromatic ring is 1. The van der Waals surface area contributed by atoms with Gasteiger partial charge in [-0.2, -0.15) is 0 Å². The summed E-state index contributed by atoms with van der Waals surface area (Å²) in [7, 11) is 1.67. The number of aliphatic hydroxyl groups excluding tert-OH is 1. The number of rotatable bonds is 9. The van der Waals surface area contributed by atoms with Gasteiger partial charge in [0.05, 0.1) is 40.7 Å².